The summed E-state index contributed by atoms with van der Waals surface area (Å²) >= 11 is 3.39. The maximum atomic E-state index is 12.0. The molecule has 3 nitrogen and oxygen atoms in total. The molecule has 23 heavy (non-hydrogen) atoms. The van der Waals surface area contributed by atoms with E-state index in [0.717, 1.165) is 21.3 Å². The number of carbonyl (C=O) groups excluding carboxylic acids is 1. The van der Waals surface area contributed by atoms with Gasteiger partial charge in [-0.1, -0.05) is 40.2 Å². The van der Waals surface area contributed by atoms with Gasteiger partial charge in [-0.25, -0.2) is 4.79 Å². The molecule has 3 rings (SSSR count). The third-order valence-electron chi connectivity index (χ3n) is 3.37. The molecule has 2 aromatic rings. The Balaban J connectivity index is 1.84. The van der Waals surface area contributed by atoms with Crippen LogP contribution in [0.15, 0.2) is 64.7 Å². The molecule has 0 fully saturated rings. The van der Waals surface area contributed by atoms with E-state index < -0.39 is 0 Å². The van der Waals surface area contributed by atoms with Crippen LogP contribution in [0.4, 0.5) is 0 Å². The zero-order valence-corrected chi connectivity index (χ0v) is 14.2. The van der Waals surface area contributed by atoms with Crippen LogP contribution in [0.2, 0.25) is 0 Å². The van der Waals surface area contributed by atoms with E-state index in [1.807, 2.05) is 61.5 Å². The molecule has 0 saturated carbocycles. The zero-order chi connectivity index (χ0) is 16.2. The van der Waals surface area contributed by atoms with E-state index in [-0.39, 0.29) is 5.97 Å². The van der Waals surface area contributed by atoms with Crippen LogP contribution >= 0.6 is 15.9 Å². The Bertz CT molecular complexity index is 771. The fourth-order valence-electron chi connectivity index (χ4n) is 2.25. The maximum absolute atomic E-state index is 12.0. The van der Waals surface area contributed by atoms with Crippen molar-refractivity contribution >= 4 is 33.7 Å². The van der Waals surface area contributed by atoms with E-state index >= 15 is 0 Å². The Labute approximate surface area is 143 Å². The van der Waals surface area contributed by atoms with Gasteiger partial charge in [0.2, 0.25) is 0 Å². The van der Waals surface area contributed by atoms with Gasteiger partial charge >= 0.3 is 5.97 Å². The summed E-state index contributed by atoms with van der Waals surface area (Å²) < 4.78 is 11.7. The Kier molecular flexibility index (Phi) is 4.63. The highest BCUT2D eigenvalue weighted by Crippen LogP contribution is 2.28. The van der Waals surface area contributed by atoms with Crippen molar-refractivity contribution in [1.29, 1.82) is 0 Å². The van der Waals surface area contributed by atoms with Crippen molar-refractivity contribution in [3.8, 4) is 5.75 Å². The predicted molar refractivity (Wildman–Crippen MR) is 93.8 cm³/mol. The van der Waals surface area contributed by atoms with Gasteiger partial charge in [0, 0.05) is 10.0 Å². The van der Waals surface area contributed by atoms with Crippen molar-refractivity contribution in [3.05, 3.63) is 75.8 Å². The second-order valence-corrected chi connectivity index (χ2v) is 5.92. The van der Waals surface area contributed by atoms with Gasteiger partial charge in [-0.3, -0.25) is 0 Å². The first-order valence-electron chi connectivity index (χ1n) is 7.30. The van der Waals surface area contributed by atoms with E-state index in [4.69, 9.17) is 9.47 Å². The van der Waals surface area contributed by atoms with Crippen molar-refractivity contribution in [3.63, 3.8) is 0 Å². The molecule has 0 bridgehead atoms. The van der Waals surface area contributed by atoms with Crippen LogP contribution in [0.1, 0.15) is 18.1 Å². The molecule has 116 valence electrons. The van der Waals surface area contributed by atoms with Crippen LogP contribution in [-0.2, 0) is 9.53 Å². The number of esters is 1. The largest absolute Gasteiger partial charge is 0.494 e. The predicted octanol–water partition coefficient (Wildman–Crippen LogP) is 4.83. The van der Waals surface area contributed by atoms with Gasteiger partial charge in [-0.05, 0) is 48.9 Å². The fraction of sp³-hybridized carbons (Fsp3) is 0.105. The molecule has 0 spiro atoms. The molecule has 4 heteroatoms. The first-order valence-corrected chi connectivity index (χ1v) is 8.09. The van der Waals surface area contributed by atoms with Crippen molar-refractivity contribution in [2.45, 2.75) is 6.92 Å². The van der Waals surface area contributed by atoms with E-state index in [0.29, 0.717) is 17.9 Å². The number of hydrogen-bond donors (Lipinski definition) is 0. The van der Waals surface area contributed by atoms with Crippen LogP contribution < -0.4 is 4.74 Å². The van der Waals surface area contributed by atoms with Crippen molar-refractivity contribution in [1.82, 2.24) is 0 Å². The molecule has 0 saturated heterocycles. The number of hydrogen-bond acceptors (Lipinski definition) is 3. The average molecular weight is 371 g/mol. The fourth-order valence-corrected chi connectivity index (χ4v) is 2.52. The van der Waals surface area contributed by atoms with Crippen molar-refractivity contribution < 1.29 is 14.3 Å². The summed E-state index contributed by atoms with van der Waals surface area (Å²) in [6, 6.07) is 15.2. The van der Waals surface area contributed by atoms with Crippen LogP contribution in [0.5, 0.6) is 5.75 Å². The number of halogens is 1. The van der Waals surface area contributed by atoms with Gasteiger partial charge in [0.1, 0.15) is 11.5 Å². The summed E-state index contributed by atoms with van der Waals surface area (Å²) in [6.45, 7) is 2.57. The summed E-state index contributed by atoms with van der Waals surface area (Å²) in [5, 5.41) is 0. The molecule has 0 radical (unpaired) electrons. The molecule has 0 atom stereocenters. The molecule has 1 aliphatic rings. The second-order valence-electron chi connectivity index (χ2n) is 5.01. The molecule has 2 aromatic carbocycles. The van der Waals surface area contributed by atoms with Crippen molar-refractivity contribution in [2.24, 2.45) is 0 Å². The van der Waals surface area contributed by atoms with Crippen LogP contribution in [0.3, 0.4) is 0 Å². The van der Waals surface area contributed by atoms with Gasteiger partial charge in [-0.2, -0.15) is 0 Å². The average Bonchev–Trinajstić information content (AvgIpc) is 2.91. The lowest BCUT2D eigenvalue weighted by molar-refractivity contribution is -0.130. The van der Waals surface area contributed by atoms with Gasteiger partial charge in [-0.15, -0.1) is 0 Å². The normalized spacial score (nSPS) is 15.5. The molecule has 0 unspecified atom stereocenters. The van der Waals surface area contributed by atoms with Gasteiger partial charge in [0.15, 0.2) is 0 Å². The Morgan fingerprint density at radius 3 is 2.43 bits per heavy atom. The molecular formula is C19H15BrO3. The van der Waals surface area contributed by atoms with E-state index in [1.54, 1.807) is 6.08 Å². The van der Waals surface area contributed by atoms with E-state index in [1.165, 1.54) is 0 Å². The summed E-state index contributed by atoms with van der Waals surface area (Å²) in [5.74, 6) is 1.05. The lowest BCUT2D eigenvalue weighted by atomic mass is 10.1. The monoisotopic (exact) mass is 370 g/mol. The summed E-state index contributed by atoms with van der Waals surface area (Å²) in [6.07, 6.45) is 3.58. The number of cyclic esters (lactones) is 1. The highest BCUT2D eigenvalue weighted by atomic mass is 79.9. The second kappa shape index (κ2) is 6.84. The highest BCUT2D eigenvalue weighted by Gasteiger charge is 2.21. The first kappa shape index (κ1) is 15.6. The number of benzene rings is 2. The smallest absolute Gasteiger partial charge is 0.343 e. The Morgan fingerprint density at radius 1 is 1.09 bits per heavy atom. The molecule has 0 amide bonds. The number of carbonyl (C=O) groups is 1. The lowest BCUT2D eigenvalue weighted by Crippen LogP contribution is -1.97. The van der Waals surface area contributed by atoms with Crippen LogP contribution in [-0.4, -0.2) is 12.6 Å². The Hall–Kier alpha value is -2.33. The Morgan fingerprint density at radius 2 is 1.78 bits per heavy atom. The molecule has 0 N–H and O–H groups in total. The van der Waals surface area contributed by atoms with Gasteiger partial charge in [0.05, 0.1) is 12.2 Å². The van der Waals surface area contributed by atoms with Gasteiger partial charge in [0.25, 0.3) is 0 Å². The minimum Gasteiger partial charge on any atom is -0.494 e. The van der Waals surface area contributed by atoms with Gasteiger partial charge < -0.3 is 9.47 Å². The van der Waals surface area contributed by atoms with E-state index in [2.05, 4.69) is 15.9 Å². The summed E-state index contributed by atoms with van der Waals surface area (Å²) in [7, 11) is 0. The van der Waals surface area contributed by atoms with Crippen molar-refractivity contribution in [2.75, 3.05) is 6.61 Å². The van der Waals surface area contributed by atoms with Crippen LogP contribution in [0.25, 0.3) is 11.8 Å². The minimum atomic E-state index is -0.336. The quantitative estimate of drug-likeness (QED) is 0.571. The summed E-state index contributed by atoms with van der Waals surface area (Å²) in [4.78, 5) is 12.0. The molecule has 1 aliphatic heterocycles. The first-order chi connectivity index (χ1) is 11.2. The summed E-state index contributed by atoms with van der Waals surface area (Å²) in [5.41, 5.74) is 2.33. The third-order valence-corrected chi connectivity index (χ3v) is 3.90. The highest BCUT2D eigenvalue weighted by molar-refractivity contribution is 9.10. The minimum absolute atomic E-state index is 0.336. The van der Waals surface area contributed by atoms with Crippen LogP contribution in [0, 0.1) is 0 Å². The standard InChI is InChI=1S/C19H15BrO3/c1-2-22-17-9-3-13(4-10-17)11-15-12-18(23-19(15)21)14-5-7-16(20)8-6-14/h3-12H,2H2,1H3. The topological polar surface area (TPSA) is 35.5 Å². The van der Waals surface area contributed by atoms with E-state index in [9.17, 15) is 4.79 Å². The molecular weight excluding hydrogens is 356 g/mol. The number of rotatable bonds is 4. The SMILES string of the molecule is CCOc1ccc(C=C2C=C(c3ccc(Br)cc3)OC2=O)cc1. The molecule has 0 aromatic heterocycles. The molecule has 0 aliphatic carbocycles. The lowest BCUT2D eigenvalue weighted by Gasteiger charge is -2.02. The number of ether oxygens (including phenoxy) is 2. The molecule has 1 heterocycles. The third kappa shape index (κ3) is 3.71. The zero-order valence-electron chi connectivity index (χ0n) is 12.6. The maximum Gasteiger partial charge on any atom is 0.343 e.